The number of nitrogens with zero attached hydrogens (tertiary/aromatic N) is 1. The molecular formula is C9H13NO2. The molecule has 0 aliphatic rings. The van der Waals surface area contributed by atoms with Crippen molar-refractivity contribution in [2.24, 2.45) is 0 Å². The van der Waals surface area contributed by atoms with Gasteiger partial charge in [-0.05, 0) is 26.6 Å². The van der Waals surface area contributed by atoms with E-state index in [4.69, 9.17) is 4.42 Å². The lowest BCUT2D eigenvalue weighted by molar-refractivity contribution is 0.112. The number of aryl methyl sites for hydroxylation is 1. The normalized spacial score (nSPS) is 10.7. The molecule has 0 bridgehead atoms. The summed E-state index contributed by atoms with van der Waals surface area (Å²) >= 11 is 0. The lowest BCUT2D eigenvalue weighted by Gasteiger charge is -2.06. The molecule has 0 saturated heterocycles. The molecule has 3 nitrogen and oxygen atoms in total. The van der Waals surface area contributed by atoms with Crippen molar-refractivity contribution in [2.75, 3.05) is 14.1 Å². The monoisotopic (exact) mass is 167 g/mol. The van der Waals surface area contributed by atoms with Gasteiger partial charge in [0, 0.05) is 0 Å². The molecule has 0 saturated carbocycles. The van der Waals surface area contributed by atoms with Gasteiger partial charge in [0.15, 0.2) is 6.29 Å². The molecular weight excluding hydrogens is 154 g/mol. The Morgan fingerprint density at radius 3 is 2.75 bits per heavy atom. The number of hydrogen-bond donors (Lipinski definition) is 0. The van der Waals surface area contributed by atoms with E-state index in [1.165, 1.54) is 0 Å². The summed E-state index contributed by atoms with van der Waals surface area (Å²) in [5.41, 5.74) is 1.59. The van der Waals surface area contributed by atoms with Crippen LogP contribution in [0.15, 0.2) is 10.7 Å². The van der Waals surface area contributed by atoms with Crippen LogP contribution in [0, 0.1) is 6.92 Å². The molecule has 0 unspecified atom stereocenters. The lowest BCUT2D eigenvalue weighted by atomic mass is 10.2. The summed E-state index contributed by atoms with van der Waals surface area (Å²) in [7, 11) is 3.87. The Morgan fingerprint density at radius 1 is 1.58 bits per heavy atom. The van der Waals surface area contributed by atoms with Crippen molar-refractivity contribution in [3.8, 4) is 0 Å². The van der Waals surface area contributed by atoms with Crippen molar-refractivity contribution in [3.05, 3.63) is 23.2 Å². The first-order chi connectivity index (χ1) is 5.65. The third-order valence-corrected chi connectivity index (χ3v) is 1.68. The molecule has 1 heterocycles. The molecule has 0 aliphatic carbocycles. The Bertz CT molecular complexity index is 276. The van der Waals surface area contributed by atoms with E-state index < -0.39 is 0 Å². The summed E-state index contributed by atoms with van der Waals surface area (Å²) < 4.78 is 5.22. The van der Waals surface area contributed by atoms with Crippen LogP contribution in [0.3, 0.4) is 0 Å². The number of carbonyl (C=O) groups excluding carboxylic acids is 1. The van der Waals surface area contributed by atoms with Gasteiger partial charge in [-0.25, -0.2) is 0 Å². The zero-order chi connectivity index (χ0) is 9.14. The molecule has 0 radical (unpaired) electrons. The third-order valence-electron chi connectivity index (χ3n) is 1.68. The fourth-order valence-electron chi connectivity index (χ4n) is 1.07. The number of rotatable bonds is 3. The zero-order valence-corrected chi connectivity index (χ0v) is 7.63. The van der Waals surface area contributed by atoms with Crippen LogP contribution in [0.1, 0.15) is 21.7 Å². The quantitative estimate of drug-likeness (QED) is 0.639. The second-order valence-corrected chi connectivity index (χ2v) is 3.11. The minimum atomic E-state index is 0.669. The van der Waals surface area contributed by atoms with Crippen LogP contribution in [0.5, 0.6) is 0 Å². The maximum atomic E-state index is 10.6. The topological polar surface area (TPSA) is 33.5 Å². The second-order valence-electron chi connectivity index (χ2n) is 3.11. The van der Waals surface area contributed by atoms with Crippen LogP contribution < -0.4 is 0 Å². The van der Waals surface area contributed by atoms with E-state index in [0.29, 0.717) is 12.1 Å². The number of carbonyl (C=O) groups is 1. The van der Waals surface area contributed by atoms with Crippen LogP contribution in [0.25, 0.3) is 0 Å². The van der Waals surface area contributed by atoms with Gasteiger partial charge in [-0.2, -0.15) is 0 Å². The molecule has 0 atom stereocenters. The second kappa shape index (κ2) is 3.54. The fraction of sp³-hybridized carbons (Fsp3) is 0.444. The lowest BCUT2D eigenvalue weighted by Crippen LogP contribution is -2.11. The first kappa shape index (κ1) is 9.00. The molecule has 1 aromatic rings. The van der Waals surface area contributed by atoms with E-state index in [-0.39, 0.29) is 0 Å². The highest BCUT2D eigenvalue weighted by Gasteiger charge is 2.09. The van der Waals surface area contributed by atoms with Gasteiger partial charge in [0.05, 0.1) is 18.4 Å². The van der Waals surface area contributed by atoms with Gasteiger partial charge in [-0.1, -0.05) is 0 Å². The standard InChI is InChI=1S/C9H13NO2/c1-7-6-12-9(4-10(2)3)8(7)5-11/h5-6H,4H2,1-3H3. The van der Waals surface area contributed by atoms with Gasteiger partial charge in [0.1, 0.15) is 5.76 Å². The number of aldehydes is 1. The minimum Gasteiger partial charge on any atom is -0.467 e. The Morgan fingerprint density at radius 2 is 2.25 bits per heavy atom. The number of furan rings is 1. The van der Waals surface area contributed by atoms with Crippen LogP contribution in [-0.2, 0) is 6.54 Å². The highest BCUT2D eigenvalue weighted by molar-refractivity contribution is 5.78. The molecule has 1 aromatic heterocycles. The van der Waals surface area contributed by atoms with Gasteiger partial charge in [0.25, 0.3) is 0 Å². The summed E-state index contributed by atoms with van der Waals surface area (Å²) in [6.07, 6.45) is 2.46. The summed E-state index contributed by atoms with van der Waals surface area (Å²) in [5.74, 6) is 0.743. The molecule has 66 valence electrons. The van der Waals surface area contributed by atoms with Gasteiger partial charge in [-0.15, -0.1) is 0 Å². The summed E-state index contributed by atoms with van der Waals surface area (Å²) in [5, 5.41) is 0. The Balaban J connectivity index is 2.91. The van der Waals surface area contributed by atoms with Gasteiger partial charge in [-0.3, -0.25) is 4.79 Å². The summed E-state index contributed by atoms with van der Waals surface area (Å²) in [6, 6.07) is 0. The maximum Gasteiger partial charge on any atom is 0.153 e. The van der Waals surface area contributed by atoms with Gasteiger partial charge >= 0.3 is 0 Å². The van der Waals surface area contributed by atoms with E-state index in [0.717, 1.165) is 17.6 Å². The van der Waals surface area contributed by atoms with E-state index in [2.05, 4.69) is 0 Å². The van der Waals surface area contributed by atoms with Gasteiger partial charge in [0.2, 0.25) is 0 Å². The zero-order valence-electron chi connectivity index (χ0n) is 7.63. The van der Waals surface area contributed by atoms with Crippen molar-refractivity contribution >= 4 is 6.29 Å². The van der Waals surface area contributed by atoms with Crippen molar-refractivity contribution < 1.29 is 9.21 Å². The maximum absolute atomic E-state index is 10.6. The molecule has 0 aliphatic heterocycles. The molecule has 0 fully saturated rings. The fourth-order valence-corrected chi connectivity index (χ4v) is 1.07. The minimum absolute atomic E-state index is 0.669. The average molecular weight is 167 g/mol. The highest BCUT2D eigenvalue weighted by Crippen LogP contribution is 2.15. The van der Waals surface area contributed by atoms with Crippen LogP contribution in [0.4, 0.5) is 0 Å². The van der Waals surface area contributed by atoms with Crippen LogP contribution >= 0.6 is 0 Å². The predicted molar refractivity (Wildman–Crippen MR) is 46.2 cm³/mol. The van der Waals surface area contributed by atoms with E-state index in [1.807, 2.05) is 25.9 Å². The van der Waals surface area contributed by atoms with Crippen LogP contribution in [-0.4, -0.2) is 25.3 Å². The number of hydrogen-bond acceptors (Lipinski definition) is 3. The Kier molecular flexibility index (Phi) is 2.65. The molecule has 0 spiro atoms. The van der Waals surface area contributed by atoms with E-state index >= 15 is 0 Å². The van der Waals surface area contributed by atoms with Gasteiger partial charge < -0.3 is 9.32 Å². The van der Waals surface area contributed by atoms with Crippen molar-refractivity contribution in [2.45, 2.75) is 13.5 Å². The first-order valence-electron chi connectivity index (χ1n) is 3.82. The summed E-state index contributed by atoms with van der Waals surface area (Å²) in [4.78, 5) is 12.6. The first-order valence-corrected chi connectivity index (χ1v) is 3.82. The summed E-state index contributed by atoms with van der Waals surface area (Å²) in [6.45, 7) is 2.54. The van der Waals surface area contributed by atoms with Crippen LogP contribution in [0.2, 0.25) is 0 Å². The largest absolute Gasteiger partial charge is 0.467 e. The van der Waals surface area contributed by atoms with E-state index in [1.54, 1.807) is 6.26 Å². The van der Waals surface area contributed by atoms with Crippen molar-refractivity contribution in [3.63, 3.8) is 0 Å². The molecule has 0 amide bonds. The molecule has 12 heavy (non-hydrogen) atoms. The highest BCUT2D eigenvalue weighted by atomic mass is 16.3. The Labute approximate surface area is 72.0 Å². The molecule has 3 heteroatoms. The average Bonchev–Trinajstić information content (AvgIpc) is 2.30. The smallest absolute Gasteiger partial charge is 0.153 e. The SMILES string of the molecule is Cc1coc(CN(C)C)c1C=O. The molecule has 0 N–H and O–H groups in total. The molecule has 0 aromatic carbocycles. The van der Waals surface area contributed by atoms with Crippen molar-refractivity contribution in [1.29, 1.82) is 0 Å². The van der Waals surface area contributed by atoms with Crippen molar-refractivity contribution in [1.82, 2.24) is 4.90 Å². The third kappa shape index (κ3) is 1.74. The Hall–Kier alpha value is -1.09. The predicted octanol–water partition coefficient (Wildman–Crippen LogP) is 1.46. The van der Waals surface area contributed by atoms with E-state index in [9.17, 15) is 4.79 Å². The molecule has 1 rings (SSSR count).